The number of nitrogens with one attached hydrogen (secondary N) is 1. The lowest BCUT2D eigenvalue weighted by Crippen LogP contribution is -2.43. The molecule has 0 saturated carbocycles. The number of aliphatic carboxylic acids is 1. The molecule has 0 radical (unpaired) electrons. The highest BCUT2D eigenvalue weighted by atomic mass is 16.7. The van der Waals surface area contributed by atoms with Crippen molar-refractivity contribution in [1.82, 2.24) is 10.2 Å². The molecule has 9 nitrogen and oxygen atoms in total. The second-order valence-corrected chi connectivity index (χ2v) is 12.1. The third-order valence-corrected chi connectivity index (χ3v) is 8.14. The Labute approximate surface area is 252 Å². The van der Waals surface area contributed by atoms with E-state index in [0.29, 0.717) is 37.0 Å². The van der Waals surface area contributed by atoms with Crippen LogP contribution >= 0.6 is 0 Å². The zero-order valence-corrected chi connectivity index (χ0v) is 25.1. The lowest BCUT2D eigenvalue weighted by molar-refractivity contribution is -0.143. The Hall–Kier alpha value is -4.08. The Bertz CT molecular complexity index is 1400. The molecule has 0 spiro atoms. The van der Waals surface area contributed by atoms with Crippen molar-refractivity contribution >= 4 is 11.9 Å². The summed E-state index contributed by atoms with van der Waals surface area (Å²) in [5, 5.41) is 13.9. The first-order valence-electron chi connectivity index (χ1n) is 14.6. The number of rotatable bonds is 11. The predicted molar refractivity (Wildman–Crippen MR) is 161 cm³/mol. The van der Waals surface area contributed by atoms with Crippen LogP contribution in [0.2, 0.25) is 0 Å². The molecular formula is C34H40N2O7. The van der Waals surface area contributed by atoms with Gasteiger partial charge < -0.3 is 29.4 Å². The molecule has 1 fully saturated rings. The summed E-state index contributed by atoms with van der Waals surface area (Å²) >= 11 is 0. The Morgan fingerprint density at radius 3 is 2.42 bits per heavy atom. The van der Waals surface area contributed by atoms with Gasteiger partial charge in [-0.2, -0.15) is 0 Å². The van der Waals surface area contributed by atoms with Crippen molar-refractivity contribution in [2.75, 3.05) is 40.2 Å². The number of nitrogens with zero attached hydrogens (tertiary/aromatic N) is 1. The van der Waals surface area contributed by atoms with Gasteiger partial charge in [-0.3, -0.25) is 14.5 Å². The summed E-state index contributed by atoms with van der Waals surface area (Å²) in [5.41, 5.74) is 2.34. The molecule has 228 valence electrons. The summed E-state index contributed by atoms with van der Waals surface area (Å²) in [4.78, 5) is 28.7. The van der Waals surface area contributed by atoms with Crippen LogP contribution in [0.3, 0.4) is 0 Å². The molecule has 0 aliphatic carbocycles. The average molecular weight is 589 g/mol. The normalized spacial score (nSPS) is 20.5. The zero-order valence-electron chi connectivity index (χ0n) is 25.1. The van der Waals surface area contributed by atoms with Crippen LogP contribution in [0.25, 0.3) is 0 Å². The molecule has 3 aromatic rings. The first-order valence-corrected chi connectivity index (χ1v) is 14.6. The van der Waals surface area contributed by atoms with Crippen molar-refractivity contribution in [2.45, 2.75) is 38.8 Å². The number of methoxy groups -OCH3 is 1. The SMILES string of the molecule is COCCOc1ccc([C@H]2[C@H](C(=O)O)[C@@H](c3cccc4c3OCO4)CN2CC(=O)NC(c2ccccc2)C(C)(C)C)cc1. The zero-order chi connectivity index (χ0) is 30.6. The largest absolute Gasteiger partial charge is 0.491 e. The lowest BCUT2D eigenvalue weighted by Gasteiger charge is -2.33. The maximum atomic E-state index is 13.7. The highest BCUT2D eigenvalue weighted by Gasteiger charge is 2.49. The minimum Gasteiger partial charge on any atom is -0.491 e. The molecule has 1 amide bonds. The molecule has 2 heterocycles. The maximum Gasteiger partial charge on any atom is 0.309 e. The smallest absolute Gasteiger partial charge is 0.309 e. The van der Waals surface area contributed by atoms with Crippen LogP contribution in [0.1, 0.15) is 55.5 Å². The molecule has 2 aliphatic rings. The van der Waals surface area contributed by atoms with Crippen LogP contribution in [0.5, 0.6) is 17.2 Å². The third-order valence-electron chi connectivity index (χ3n) is 8.14. The average Bonchev–Trinajstić information content (AvgIpc) is 3.61. The maximum absolute atomic E-state index is 13.7. The van der Waals surface area contributed by atoms with Gasteiger partial charge in [-0.1, -0.05) is 75.4 Å². The molecule has 1 saturated heterocycles. The van der Waals surface area contributed by atoms with E-state index in [-0.39, 0.29) is 30.7 Å². The fraction of sp³-hybridized carbons (Fsp3) is 0.412. The molecule has 4 atom stereocenters. The molecule has 2 aliphatic heterocycles. The van der Waals surface area contributed by atoms with Gasteiger partial charge in [0, 0.05) is 31.2 Å². The number of para-hydroxylation sites is 1. The molecule has 3 aromatic carbocycles. The number of hydrogen-bond acceptors (Lipinski definition) is 7. The van der Waals surface area contributed by atoms with E-state index in [9.17, 15) is 14.7 Å². The predicted octanol–water partition coefficient (Wildman–Crippen LogP) is 5.19. The Morgan fingerprint density at radius 1 is 1.00 bits per heavy atom. The summed E-state index contributed by atoms with van der Waals surface area (Å²) < 4.78 is 22.2. The highest BCUT2D eigenvalue weighted by Crippen LogP contribution is 2.50. The van der Waals surface area contributed by atoms with Crippen molar-refractivity contribution in [3.8, 4) is 17.2 Å². The van der Waals surface area contributed by atoms with Gasteiger partial charge in [0.05, 0.1) is 25.1 Å². The van der Waals surface area contributed by atoms with E-state index >= 15 is 0 Å². The van der Waals surface area contributed by atoms with E-state index in [2.05, 4.69) is 26.1 Å². The number of carboxylic acid groups (broad SMARTS) is 1. The number of hydrogen-bond donors (Lipinski definition) is 2. The fourth-order valence-corrected chi connectivity index (χ4v) is 6.19. The summed E-state index contributed by atoms with van der Waals surface area (Å²) in [6.07, 6.45) is 0. The van der Waals surface area contributed by atoms with Crippen molar-refractivity contribution in [2.24, 2.45) is 11.3 Å². The van der Waals surface area contributed by atoms with E-state index in [0.717, 1.165) is 16.7 Å². The van der Waals surface area contributed by atoms with E-state index in [4.69, 9.17) is 18.9 Å². The topological polar surface area (TPSA) is 107 Å². The Kier molecular flexibility index (Phi) is 9.22. The van der Waals surface area contributed by atoms with Gasteiger partial charge in [0.1, 0.15) is 12.4 Å². The van der Waals surface area contributed by atoms with Crippen LogP contribution in [0.4, 0.5) is 0 Å². The number of ether oxygens (including phenoxy) is 4. The van der Waals surface area contributed by atoms with Crippen LogP contribution in [-0.2, 0) is 14.3 Å². The van der Waals surface area contributed by atoms with E-state index in [1.165, 1.54) is 0 Å². The van der Waals surface area contributed by atoms with Crippen LogP contribution in [0.15, 0.2) is 72.8 Å². The first kappa shape index (κ1) is 30.4. The van der Waals surface area contributed by atoms with Crippen molar-refractivity contribution in [3.05, 3.63) is 89.5 Å². The second-order valence-electron chi connectivity index (χ2n) is 12.1. The van der Waals surface area contributed by atoms with Gasteiger partial charge in [0.15, 0.2) is 11.5 Å². The van der Waals surface area contributed by atoms with Gasteiger partial charge in [-0.05, 0) is 34.7 Å². The minimum atomic E-state index is -0.938. The monoisotopic (exact) mass is 588 g/mol. The van der Waals surface area contributed by atoms with Crippen molar-refractivity contribution < 1.29 is 33.6 Å². The van der Waals surface area contributed by atoms with E-state index < -0.39 is 23.8 Å². The fourth-order valence-electron chi connectivity index (χ4n) is 6.19. The van der Waals surface area contributed by atoms with Gasteiger partial charge in [0.2, 0.25) is 12.7 Å². The standard InChI is InChI=1S/C34H40N2O7/c1-34(2,3)32(23-9-6-5-7-10-23)35-28(37)20-36-19-26(25-11-8-12-27-31(25)43-21-42-27)29(33(38)39)30(36)22-13-15-24(16-14-22)41-18-17-40-4/h5-16,26,29-30,32H,17-21H2,1-4H3,(H,35,37)(H,38,39)/t26-,29-,30+,32?/m1/s1. The van der Waals surface area contributed by atoms with Gasteiger partial charge in [-0.15, -0.1) is 0 Å². The number of fused-ring (bicyclic) bond motifs is 1. The van der Waals surface area contributed by atoms with Crippen LogP contribution in [0, 0.1) is 11.3 Å². The number of amides is 1. The number of benzene rings is 3. The Morgan fingerprint density at radius 2 is 1.74 bits per heavy atom. The van der Waals surface area contributed by atoms with Gasteiger partial charge >= 0.3 is 5.97 Å². The minimum absolute atomic E-state index is 0.0306. The number of carboxylic acids is 1. The molecule has 5 rings (SSSR count). The summed E-state index contributed by atoms with van der Waals surface area (Å²) in [7, 11) is 1.61. The van der Waals surface area contributed by atoms with Gasteiger partial charge in [0.25, 0.3) is 0 Å². The van der Waals surface area contributed by atoms with Crippen molar-refractivity contribution in [3.63, 3.8) is 0 Å². The Balaban J connectivity index is 1.47. The van der Waals surface area contributed by atoms with Gasteiger partial charge in [-0.25, -0.2) is 0 Å². The third kappa shape index (κ3) is 6.78. The lowest BCUT2D eigenvalue weighted by atomic mass is 9.82. The molecule has 0 bridgehead atoms. The van der Waals surface area contributed by atoms with Crippen LogP contribution < -0.4 is 19.5 Å². The molecular weight excluding hydrogens is 548 g/mol. The van der Waals surface area contributed by atoms with Crippen LogP contribution in [-0.4, -0.2) is 62.1 Å². The summed E-state index contributed by atoms with van der Waals surface area (Å²) in [6.45, 7) is 7.61. The second kappa shape index (κ2) is 13.1. The van der Waals surface area contributed by atoms with Crippen molar-refractivity contribution in [1.29, 1.82) is 0 Å². The quantitative estimate of drug-likeness (QED) is 0.295. The molecule has 0 aromatic heterocycles. The summed E-state index contributed by atoms with van der Waals surface area (Å²) in [6, 6.07) is 22.1. The number of carbonyl (C=O) groups excluding carboxylic acids is 1. The molecule has 43 heavy (non-hydrogen) atoms. The molecule has 2 N–H and O–H groups in total. The summed E-state index contributed by atoms with van der Waals surface area (Å²) in [5.74, 6) is -0.546. The molecule has 1 unspecified atom stereocenters. The highest BCUT2D eigenvalue weighted by molar-refractivity contribution is 5.80. The number of likely N-dealkylation sites (tertiary alicyclic amines) is 1. The van der Waals surface area contributed by atoms with E-state index in [1.807, 2.05) is 77.7 Å². The van der Waals surface area contributed by atoms with E-state index in [1.54, 1.807) is 7.11 Å². The number of carbonyl (C=O) groups is 2. The first-order chi connectivity index (χ1) is 20.7. The molecule has 9 heteroatoms.